The second kappa shape index (κ2) is 7.68. The van der Waals surface area contributed by atoms with E-state index in [4.69, 9.17) is 37.9 Å². The van der Waals surface area contributed by atoms with Gasteiger partial charge in [0, 0.05) is 17.2 Å². The summed E-state index contributed by atoms with van der Waals surface area (Å²) in [6.45, 7) is 0. The zero-order valence-electron chi connectivity index (χ0n) is 12.0. The predicted octanol–water partition coefficient (Wildman–Crippen LogP) is 4.49. The third kappa shape index (κ3) is 4.49. The minimum Gasteiger partial charge on any atom is -0.493 e. The highest BCUT2D eigenvalue weighted by molar-refractivity contribution is 6.32. The maximum Gasteiger partial charge on any atom is 0.336 e. The molecular formula is C17H11Cl2NO3. The van der Waals surface area contributed by atoms with Crippen LogP contribution < -0.4 is 9.47 Å². The standard InChI is InChI=1S/C17H11Cl2NO3/c1-22-15-9-12(10-20)8-14(19)17(15)23-16(21)6-5-11-3-2-4-13(18)7-11/h2-9H,1H3/b6-5+. The van der Waals surface area contributed by atoms with E-state index < -0.39 is 5.97 Å². The van der Waals surface area contributed by atoms with Gasteiger partial charge in [-0.3, -0.25) is 0 Å². The fraction of sp³-hybridized carbons (Fsp3) is 0.0588. The molecule has 0 N–H and O–H groups in total. The lowest BCUT2D eigenvalue weighted by Crippen LogP contribution is -2.05. The van der Waals surface area contributed by atoms with Crippen LogP contribution in [0.15, 0.2) is 42.5 Å². The van der Waals surface area contributed by atoms with Crippen LogP contribution in [-0.4, -0.2) is 13.1 Å². The highest BCUT2D eigenvalue weighted by Gasteiger charge is 2.14. The smallest absolute Gasteiger partial charge is 0.336 e. The number of carbonyl (C=O) groups is 1. The van der Waals surface area contributed by atoms with Gasteiger partial charge in [-0.1, -0.05) is 35.3 Å². The molecular weight excluding hydrogens is 337 g/mol. The minimum absolute atomic E-state index is 0.0638. The first-order valence-corrected chi connectivity index (χ1v) is 7.22. The summed E-state index contributed by atoms with van der Waals surface area (Å²) in [4.78, 5) is 11.9. The van der Waals surface area contributed by atoms with E-state index >= 15 is 0 Å². The van der Waals surface area contributed by atoms with Gasteiger partial charge in [0.05, 0.1) is 23.8 Å². The van der Waals surface area contributed by atoms with Gasteiger partial charge < -0.3 is 9.47 Å². The molecule has 2 rings (SSSR count). The second-order valence-electron chi connectivity index (χ2n) is 4.41. The number of nitriles is 1. The van der Waals surface area contributed by atoms with Crippen molar-refractivity contribution in [3.05, 3.63) is 63.6 Å². The van der Waals surface area contributed by atoms with Gasteiger partial charge in [-0.25, -0.2) is 4.79 Å². The predicted molar refractivity (Wildman–Crippen MR) is 88.8 cm³/mol. The van der Waals surface area contributed by atoms with Crippen molar-refractivity contribution in [2.75, 3.05) is 7.11 Å². The number of nitrogens with zero attached hydrogens (tertiary/aromatic N) is 1. The summed E-state index contributed by atoms with van der Waals surface area (Å²) in [5, 5.41) is 9.58. The van der Waals surface area contributed by atoms with E-state index in [1.54, 1.807) is 30.3 Å². The molecule has 0 saturated heterocycles. The van der Waals surface area contributed by atoms with Crippen LogP contribution in [-0.2, 0) is 4.79 Å². The van der Waals surface area contributed by atoms with Crippen LogP contribution in [0.4, 0.5) is 0 Å². The third-order valence-electron chi connectivity index (χ3n) is 2.82. The first-order chi connectivity index (χ1) is 11.0. The molecule has 0 aromatic heterocycles. The zero-order valence-corrected chi connectivity index (χ0v) is 13.6. The number of methoxy groups -OCH3 is 1. The van der Waals surface area contributed by atoms with E-state index in [2.05, 4.69) is 0 Å². The second-order valence-corrected chi connectivity index (χ2v) is 5.25. The maximum atomic E-state index is 11.9. The molecule has 4 nitrogen and oxygen atoms in total. The number of rotatable bonds is 4. The van der Waals surface area contributed by atoms with Gasteiger partial charge in [0.1, 0.15) is 0 Å². The Morgan fingerprint density at radius 1 is 1.26 bits per heavy atom. The summed E-state index contributed by atoms with van der Waals surface area (Å²) in [5.41, 5.74) is 1.06. The Morgan fingerprint density at radius 2 is 2.04 bits per heavy atom. The van der Waals surface area contributed by atoms with E-state index in [-0.39, 0.29) is 16.5 Å². The summed E-state index contributed by atoms with van der Waals surface area (Å²) < 4.78 is 10.3. The van der Waals surface area contributed by atoms with Crippen molar-refractivity contribution in [3.63, 3.8) is 0 Å². The molecule has 0 spiro atoms. The topological polar surface area (TPSA) is 59.3 Å². The van der Waals surface area contributed by atoms with E-state index in [0.717, 1.165) is 5.56 Å². The minimum atomic E-state index is -0.630. The molecule has 0 unspecified atom stereocenters. The lowest BCUT2D eigenvalue weighted by molar-refractivity contribution is -0.129. The van der Waals surface area contributed by atoms with Gasteiger partial charge in [-0.15, -0.1) is 0 Å². The third-order valence-corrected chi connectivity index (χ3v) is 3.34. The Labute approximate surface area is 143 Å². The molecule has 0 aliphatic rings. The molecule has 0 aliphatic heterocycles. The first kappa shape index (κ1) is 16.9. The molecule has 0 saturated carbocycles. The molecule has 0 aliphatic carbocycles. The lowest BCUT2D eigenvalue weighted by Gasteiger charge is -2.10. The van der Waals surface area contributed by atoms with Crippen LogP contribution in [0.2, 0.25) is 10.0 Å². The van der Waals surface area contributed by atoms with Crippen molar-refractivity contribution in [2.24, 2.45) is 0 Å². The van der Waals surface area contributed by atoms with Crippen LogP contribution in [0.25, 0.3) is 6.08 Å². The first-order valence-electron chi connectivity index (χ1n) is 6.46. The lowest BCUT2D eigenvalue weighted by atomic mass is 10.2. The average molecular weight is 348 g/mol. The number of hydrogen-bond donors (Lipinski definition) is 0. The summed E-state index contributed by atoms with van der Waals surface area (Å²) in [5.74, 6) is -0.359. The van der Waals surface area contributed by atoms with Crippen molar-refractivity contribution in [1.29, 1.82) is 5.26 Å². The van der Waals surface area contributed by atoms with Crippen molar-refractivity contribution in [1.82, 2.24) is 0 Å². The van der Waals surface area contributed by atoms with E-state index in [9.17, 15) is 4.79 Å². The van der Waals surface area contributed by atoms with Crippen LogP contribution in [0, 0.1) is 11.3 Å². The molecule has 23 heavy (non-hydrogen) atoms. The maximum absolute atomic E-state index is 11.9. The summed E-state index contributed by atoms with van der Waals surface area (Å²) >= 11 is 11.9. The van der Waals surface area contributed by atoms with Crippen LogP contribution in [0.5, 0.6) is 11.5 Å². The van der Waals surface area contributed by atoms with Crippen molar-refractivity contribution < 1.29 is 14.3 Å². The molecule has 0 fully saturated rings. The fourth-order valence-corrected chi connectivity index (χ4v) is 2.24. The Bertz CT molecular complexity index is 810. The monoisotopic (exact) mass is 347 g/mol. The van der Waals surface area contributed by atoms with Gasteiger partial charge >= 0.3 is 5.97 Å². The molecule has 6 heteroatoms. The summed E-state index contributed by atoms with van der Waals surface area (Å²) in [6, 6.07) is 11.8. The average Bonchev–Trinajstić information content (AvgIpc) is 2.54. The van der Waals surface area contributed by atoms with Crippen LogP contribution in [0.1, 0.15) is 11.1 Å². The Hall–Kier alpha value is -2.48. The number of carbonyl (C=O) groups excluding carboxylic acids is 1. The Morgan fingerprint density at radius 3 is 2.70 bits per heavy atom. The van der Waals surface area contributed by atoms with Gasteiger partial charge in [0.15, 0.2) is 11.5 Å². The number of hydrogen-bond acceptors (Lipinski definition) is 4. The SMILES string of the molecule is COc1cc(C#N)cc(Cl)c1OC(=O)/C=C/c1cccc(Cl)c1. The van der Waals surface area contributed by atoms with Gasteiger partial charge in [0.25, 0.3) is 0 Å². The Kier molecular flexibility index (Phi) is 5.64. The van der Waals surface area contributed by atoms with Crippen molar-refractivity contribution >= 4 is 35.2 Å². The van der Waals surface area contributed by atoms with E-state index in [1.807, 2.05) is 6.07 Å². The highest BCUT2D eigenvalue weighted by Crippen LogP contribution is 2.36. The molecule has 0 radical (unpaired) electrons. The largest absolute Gasteiger partial charge is 0.493 e. The highest BCUT2D eigenvalue weighted by atomic mass is 35.5. The van der Waals surface area contributed by atoms with E-state index in [0.29, 0.717) is 10.6 Å². The summed E-state index contributed by atoms with van der Waals surface area (Å²) in [6.07, 6.45) is 2.82. The van der Waals surface area contributed by atoms with Gasteiger partial charge in [0.2, 0.25) is 0 Å². The molecule has 0 atom stereocenters. The summed E-state index contributed by atoms with van der Waals surface area (Å²) in [7, 11) is 1.39. The molecule has 0 heterocycles. The van der Waals surface area contributed by atoms with Gasteiger partial charge in [-0.2, -0.15) is 5.26 Å². The van der Waals surface area contributed by atoms with Crippen LogP contribution in [0.3, 0.4) is 0 Å². The molecule has 2 aromatic rings. The number of esters is 1. The zero-order chi connectivity index (χ0) is 16.8. The normalized spacial score (nSPS) is 10.3. The Balaban J connectivity index is 2.19. The van der Waals surface area contributed by atoms with Crippen molar-refractivity contribution in [2.45, 2.75) is 0 Å². The van der Waals surface area contributed by atoms with Crippen LogP contribution >= 0.6 is 23.2 Å². The quantitative estimate of drug-likeness (QED) is 0.464. The molecule has 0 amide bonds. The molecule has 0 bridgehead atoms. The number of benzene rings is 2. The number of halogens is 2. The molecule has 2 aromatic carbocycles. The molecule has 116 valence electrons. The van der Waals surface area contributed by atoms with Gasteiger partial charge in [-0.05, 0) is 29.8 Å². The van der Waals surface area contributed by atoms with E-state index in [1.165, 1.54) is 25.3 Å². The fourth-order valence-electron chi connectivity index (χ4n) is 1.79. The number of ether oxygens (including phenoxy) is 2. The van der Waals surface area contributed by atoms with Crippen molar-refractivity contribution in [3.8, 4) is 17.6 Å².